The Morgan fingerprint density at radius 3 is 1.54 bits per heavy atom. The molecule has 0 aliphatic heterocycles. The summed E-state index contributed by atoms with van der Waals surface area (Å²) < 4.78 is 5.45. The van der Waals surface area contributed by atoms with Gasteiger partial charge in [0.15, 0.2) is 0 Å². The lowest BCUT2D eigenvalue weighted by molar-refractivity contribution is 0.143. The molecular weight excluding hydrogens is 160 g/mol. The Kier molecular flexibility index (Phi) is 7.71. The molecule has 0 bridgehead atoms. The molecule has 0 spiro atoms. The highest BCUT2D eigenvalue weighted by molar-refractivity contribution is 4.93. The third-order valence-electron chi connectivity index (χ3n) is 1.63. The second-order valence-electron chi connectivity index (χ2n) is 3.75. The minimum absolute atomic E-state index is 0.849. The van der Waals surface area contributed by atoms with E-state index in [1.807, 2.05) is 0 Å². The van der Waals surface area contributed by atoms with Crippen LogP contribution >= 0.6 is 0 Å². The van der Waals surface area contributed by atoms with Crippen LogP contribution in [0.4, 0.5) is 0 Å². The van der Waals surface area contributed by atoms with Crippen LogP contribution in [0.3, 0.4) is 0 Å². The van der Waals surface area contributed by atoms with Crippen molar-refractivity contribution < 1.29 is 4.74 Å². The Balaban J connectivity index is 3.18. The molecule has 0 saturated carbocycles. The summed E-state index contributed by atoms with van der Waals surface area (Å²) in [5.41, 5.74) is 2.74. The lowest BCUT2D eigenvalue weighted by Gasteiger charge is -1.99. The summed E-state index contributed by atoms with van der Waals surface area (Å²) in [6.07, 6.45) is 6.50. The van der Waals surface area contributed by atoms with E-state index in [0.29, 0.717) is 0 Å². The SMILES string of the molecule is CC(C)=CCCOCCC=C(C)C. The molecule has 0 aromatic carbocycles. The normalized spacial score (nSPS) is 9.54. The maximum absolute atomic E-state index is 5.45. The van der Waals surface area contributed by atoms with Crippen molar-refractivity contribution in [1.29, 1.82) is 0 Å². The Bertz CT molecular complexity index is 150. The Labute approximate surface area is 82.5 Å². The highest BCUT2D eigenvalue weighted by Gasteiger charge is 1.85. The van der Waals surface area contributed by atoms with Gasteiger partial charge in [0.1, 0.15) is 0 Å². The zero-order valence-corrected chi connectivity index (χ0v) is 9.39. The van der Waals surface area contributed by atoms with Crippen LogP contribution in [-0.2, 0) is 4.74 Å². The van der Waals surface area contributed by atoms with Crippen LogP contribution in [0.1, 0.15) is 40.5 Å². The fraction of sp³-hybridized carbons (Fsp3) is 0.667. The maximum atomic E-state index is 5.45. The smallest absolute Gasteiger partial charge is 0.0500 e. The summed E-state index contributed by atoms with van der Waals surface area (Å²) in [6.45, 7) is 10.2. The Hall–Kier alpha value is -0.560. The van der Waals surface area contributed by atoms with E-state index in [1.54, 1.807) is 0 Å². The standard InChI is InChI=1S/C12H22O/c1-11(2)7-5-9-13-10-6-8-12(3)4/h7-8H,5-6,9-10H2,1-4H3. The van der Waals surface area contributed by atoms with Gasteiger partial charge < -0.3 is 4.74 Å². The monoisotopic (exact) mass is 182 g/mol. The van der Waals surface area contributed by atoms with Crippen LogP contribution < -0.4 is 0 Å². The largest absolute Gasteiger partial charge is 0.381 e. The van der Waals surface area contributed by atoms with Crippen molar-refractivity contribution >= 4 is 0 Å². The van der Waals surface area contributed by atoms with Crippen molar-refractivity contribution in [3.63, 3.8) is 0 Å². The molecule has 0 N–H and O–H groups in total. The van der Waals surface area contributed by atoms with E-state index >= 15 is 0 Å². The lowest BCUT2D eigenvalue weighted by atomic mass is 10.3. The van der Waals surface area contributed by atoms with E-state index in [9.17, 15) is 0 Å². The van der Waals surface area contributed by atoms with Gasteiger partial charge in [-0.05, 0) is 40.5 Å². The van der Waals surface area contributed by atoms with Gasteiger partial charge in [-0.15, -0.1) is 0 Å². The van der Waals surface area contributed by atoms with Crippen LogP contribution in [-0.4, -0.2) is 13.2 Å². The van der Waals surface area contributed by atoms with Crippen LogP contribution in [0.5, 0.6) is 0 Å². The van der Waals surface area contributed by atoms with Crippen LogP contribution in [0.15, 0.2) is 23.3 Å². The molecule has 76 valence electrons. The second-order valence-corrected chi connectivity index (χ2v) is 3.75. The van der Waals surface area contributed by atoms with E-state index in [2.05, 4.69) is 39.8 Å². The first kappa shape index (κ1) is 12.4. The average molecular weight is 182 g/mol. The Morgan fingerprint density at radius 1 is 0.846 bits per heavy atom. The molecule has 0 rings (SSSR count). The topological polar surface area (TPSA) is 9.23 Å². The number of ether oxygens (including phenoxy) is 1. The summed E-state index contributed by atoms with van der Waals surface area (Å²) in [5.74, 6) is 0. The van der Waals surface area contributed by atoms with E-state index in [0.717, 1.165) is 26.1 Å². The fourth-order valence-corrected chi connectivity index (χ4v) is 0.964. The Morgan fingerprint density at radius 2 is 1.23 bits per heavy atom. The van der Waals surface area contributed by atoms with Crippen LogP contribution in [0.25, 0.3) is 0 Å². The van der Waals surface area contributed by atoms with Gasteiger partial charge in [-0.1, -0.05) is 23.3 Å². The highest BCUT2D eigenvalue weighted by Crippen LogP contribution is 1.96. The molecule has 0 unspecified atom stereocenters. The molecule has 0 aromatic rings. The molecule has 0 fully saturated rings. The van der Waals surface area contributed by atoms with Crippen molar-refractivity contribution in [3.05, 3.63) is 23.3 Å². The van der Waals surface area contributed by atoms with E-state index in [-0.39, 0.29) is 0 Å². The van der Waals surface area contributed by atoms with Crippen LogP contribution in [0.2, 0.25) is 0 Å². The zero-order valence-electron chi connectivity index (χ0n) is 9.39. The molecule has 13 heavy (non-hydrogen) atoms. The number of hydrogen-bond donors (Lipinski definition) is 0. The van der Waals surface area contributed by atoms with Gasteiger partial charge in [0.2, 0.25) is 0 Å². The summed E-state index contributed by atoms with van der Waals surface area (Å²) in [6, 6.07) is 0. The summed E-state index contributed by atoms with van der Waals surface area (Å²) in [4.78, 5) is 0. The zero-order chi connectivity index (χ0) is 10.1. The van der Waals surface area contributed by atoms with Crippen molar-refractivity contribution in [2.45, 2.75) is 40.5 Å². The first-order chi connectivity index (χ1) is 6.13. The molecule has 0 saturated heterocycles. The van der Waals surface area contributed by atoms with Gasteiger partial charge in [-0.25, -0.2) is 0 Å². The average Bonchev–Trinajstić information content (AvgIpc) is 2.01. The van der Waals surface area contributed by atoms with Crippen molar-refractivity contribution in [2.24, 2.45) is 0 Å². The minimum Gasteiger partial charge on any atom is -0.381 e. The molecule has 0 aliphatic carbocycles. The fourth-order valence-electron chi connectivity index (χ4n) is 0.964. The first-order valence-corrected chi connectivity index (χ1v) is 4.97. The highest BCUT2D eigenvalue weighted by atomic mass is 16.5. The van der Waals surface area contributed by atoms with Crippen LogP contribution in [0, 0.1) is 0 Å². The number of allylic oxidation sites excluding steroid dienone is 2. The van der Waals surface area contributed by atoms with Gasteiger partial charge in [0, 0.05) is 0 Å². The molecule has 1 heteroatoms. The molecule has 1 nitrogen and oxygen atoms in total. The second kappa shape index (κ2) is 8.06. The van der Waals surface area contributed by atoms with Crippen molar-refractivity contribution in [2.75, 3.05) is 13.2 Å². The van der Waals surface area contributed by atoms with Crippen molar-refractivity contribution in [1.82, 2.24) is 0 Å². The van der Waals surface area contributed by atoms with E-state index in [4.69, 9.17) is 4.74 Å². The summed E-state index contributed by atoms with van der Waals surface area (Å²) in [7, 11) is 0. The molecule has 0 aromatic heterocycles. The predicted molar refractivity (Wildman–Crippen MR) is 58.9 cm³/mol. The molecule has 0 heterocycles. The molecule has 0 radical (unpaired) electrons. The minimum atomic E-state index is 0.849. The van der Waals surface area contributed by atoms with E-state index < -0.39 is 0 Å². The summed E-state index contributed by atoms with van der Waals surface area (Å²) in [5, 5.41) is 0. The molecule has 0 atom stereocenters. The van der Waals surface area contributed by atoms with Gasteiger partial charge in [-0.3, -0.25) is 0 Å². The maximum Gasteiger partial charge on any atom is 0.0500 e. The van der Waals surface area contributed by atoms with Gasteiger partial charge in [0.05, 0.1) is 13.2 Å². The quantitative estimate of drug-likeness (QED) is 0.449. The first-order valence-electron chi connectivity index (χ1n) is 4.97. The molecule has 0 amide bonds. The van der Waals surface area contributed by atoms with Gasteiger partial charge in [0.25, 0.3) is 0 Å². The lowest BCUT2D eigenvalue weighted by Crippen LogP contribution is -1.94. The third-order valence-corrected chi connectivity index (χ3v) is 1.63. The number of hydrogen-bond acceptors (Lipinski definition) is 1. The summed E-state index contributed by atoms with van der Waals surface area (Å²) >= 11 is 0. The van der Waals surface area contributed by atoms with E-state index in [1.165, 1.54) is 11.1 Å². The van der Waals surface area contributed by atoms with Crippen molar-refractivity contribution in [3.8, 4) is 0 Å². The predicted octanol–water partition coefficient (Wildman–Crippen LogP) is 3.72. The van der Waals surface area contributed by atoms with Gasteiger partial charge >= 0.3 is 0 Å². The van der Waals surface area contributed by atoms with Gasteiger partial charge in [-0.2, -0.15) is 0 Å². The molecule has 0 aliphatic rings. The number of rotatable bonds is 6. The third kappa shape index (κ3) is 11.4. The molecular formula is C12H22O.